The highest BCUT2D eigenvalue weighted by Gasteiger charge is 2.33. The summed E-state index contributed by atoms with van der Waals surface area (Å²) in [5.74, 6) is 0. The van der Waals surface area contributed by atoms with Gasteiger partial charge in [0.1, 0.15) is 0 Å². The van der Waals surface area contributed by atoms with Crippen molar-refractivity contribution in [3.05, 3.63) is 66.8 Å². The van der Waals surface area contributed by atoms with Crippen LogP contribution in [0.5, 0.6) is 0 Å². The van der Waals surface area contributed by atoms with Gasteiger partial charge in [-0.3, -0.25) is 0 Å². The van der Waals surface area contributed by atoms with Gasteiger partial charge in [0.05, 0.1) is 0 Å². The summed E-state index contributed by atoms with van der Waals surface area (Å²) in [4.78, 5) is 0. The van der Waals surface area contributed by atoms with Crippen molar-refractivity contribution in [1.82, 2.24) is 0 Å². The molecule has 0 N–H and O–H groups in total. The third-order valence-corrected chi connectivity index (χ3v) is 9.50. The molecule has 5 rings (SSSR count). The summed E-state index contributed by atoms with van der Waals surface area (Å²) in [6.45, 7) is 28.0. The number of hydrogen-bond donors (Lipinski definition) is 0. The van der Waals surface area contributed by atoms with E-state index in [2.05, 4.69) is 83.1 Å². The SMILES string of the molecule is Cc1c(C)c(C)c2c(c1C)-c1c(C)c(C)c(C)c3c1c-2c(C)c1c(C)c(C)c(C)c(C)c13. The average molecular weight is 421 g/mol. The maximum Gasteiger partial charge on any atom is -0.00114 e. The molecule has 4 aromatic rings. The van der Waals surface area contributed by atoms with Crippen LogP contribution in [-0.2, 0) is 0 Å². The maximum absolute atomic E-state index is 2.38. The Morgan fingerprint density at radius 1 is 0.188 bits per heavy atom. The zero-order chi connectivity index (χ0) is 23.5. The minimum absolute atomic E-state index is 1.44. The molecule has 1 aliphatic carbocycles. The molecule has 0 heteroatoms. The van der Waals surface area contributed by atoms with Crippen LogP contribution in [0.25, 0.3) is 43.8 Å². The van der Waals surface area contributed by atoms with Crippen LogP contribution < -0.4 is 0 Å². The predicted octanol–water partition coefficient (Wildman–Crippen LogP) is 9.34. The van der Waals surface area contributed by atoms with Crippen LogP contribution >= 0.6 is 0 Å². The molecule has 0 atom stereocenters. The van der Waals surface area contributed by atoms with Crippen LogP contribution in [0.3, 0.4) is 0 Å². The van der Waals surface area contributed by atoms with E-state index in [1.165, 1.54) is 111 Å². The van der Waals surface area contributed by atoms with Crippen LogP contribution in [0.15, 0.2) is 0 Å². The first kappa shape index (κ1) is 21.3. The van der Waals surface area contributed by atoms with E-state index in [0.717, 1.165) is 0 Å². The first-order valence-electron chi connectivity index (χ1n) is 12.0. The van der Waals surface area contributed by atoms with Gasteiger partial charge in [0.15, 0.2) is 0 Å². The van der Waals surface area contributed by atoms with Crippen molar-refractivity contribution in [1.29, 1.82) is 0 Å². The third kappa shape index (κ3) is 2.19. The highest BCUT2D eigenvalue weighted by Crippen LogP contribution is 2.58. The zero-order valence-corrected chi connectivity index (χ0v) is 22.0. The second-order valence-electron chi connectivity index (χ2n) is 10.5. The van der Waals surface area contributed by atoms with E-state index in [1.807, 2.05) is 0 Å². The molecule has 164 valence electrons. The molecule has 0 saturated heterocycles. The van der Waals surface area contributed by atoms with Gasteiger partial charge in [-0.15, -0.1) is 0 Å². The fourth-order valence-electron chi connectivity index (χ4n) is 6.69. The molecule has 0 bridgehead atoms. The molecule has 0 aliphatic heterocycles. The van der Waals surface area contributed by atoms with Gasteiger partial charge in [-0.05, 0) is 194 Å². The Bertz CT molecular complexity index is 1560. The van der Waals surface area contributed by atoms with Crippen molar-refractivity contribution in [3.8, 4) is 22.3 Å². The topological polar surface area (TPSA) is 0 Å². The molecule has 0 fully saturated rings. The number of benzene rings is 4. The van der Waals surface area contributed by atoms with E-state index in [9.17, 15) is 0 Å². The minimum atomic E-state index is 1.44. The Morgan fingerprint density at radius 2 is 0.469 bits per heavy atom. The van der Waals surface area contributed by atoms with Crippen molar-refractivity contribution in [2.45, 2.75) is 83.1 Å². The molecule has 0 heterocycles. The summed E-state index contributed by atoms with van der Waals surface area (Å²) >= 11 is 0. The molecule has 0 saturated carbocycles. The number of aryl methyl sites for hydroxylation is 4. The summed E-state index contributed by atoms with van der Waals surface area (Å²) in [5, 5.41) is 5.97. The van der Waals surface area contributed by atoms with Gasteiger partial charge in [0.25, 0.3) is 0 Å². The summed E-state index contributed by atoms with van der Waals surface area (Å²) in [5.41, 5.74) is 23.4. The van der Waals surface area contributed by atoms with Gasteiger partial charge in [-0.2, -0.15) is 0 Å². The molecule has 1 aliphatic rings. The number of hydrogen-bond acceptors (Lipinski definition) is 0. The number of rotatable bonds is 0. The molecule has 32 heavy (non-hydrogen) atoms. The van der Waals surface area contributed by atoms with Gasteiger partial charge in [-0.1, -0.05) is 0 Å². The second kappa shape index (κ2) is 6.47. The Kier molecular flexibility index (Phi) is 4.30. The van der Waals surface area contributed by atoms with E-state index in [4.69, 9.17) is 0 Å². The first-order valence-corrected chi connectivity index (χ1v) is 12.0. The molecule has 0 nitrogen and oxygen atoms in total. The van der Waals surface area contributed by atoms with Crippen molar-refractivity contribution in [2.24, 2.45) is 0 Å². The van der Waals surface area contributed by atoms with Crippen molar-refractivity contribution >= 4 is 21.5 Å². The maximum atomic E-state index is 2.38. The summed E-state index contributed by atoms with van der Waals surface area (Å²) < 4.78 is 0. The van der Waals surface area contributed by atoms with Gasteiger partial charge in [0.2, 0.25) is 0 Å². The van der Waals surface area contributed by atoms with Crippen molar-refractivity contribution in [2.75, 3.05) is 0 Å². The largest absolute Gasteiger partial charge is 0.0444 e. The summed E-state index contributed by atoms with van der Waals surface area (Å²) in [6.07, 6.45) is 0. The fourth-order valence-corrected chi connectivity index (χ4v) is 6.69. The average Bonchev–Trinajstić information content (AvgIpc) is 3.12. The lowest BCUT2D eigenvalue weighted by atomic mass is 9.81. The first-order chi connectivity index (χ1) is 14.9. The van der Waals surface area contributed by atoms with E-state index in [0.29, 0.717) is 0 Å². The van der Waals surface area contributed by atoms with E-state index < -0.39 is 0 Å². The van der Waals surface area contributed by atoms with Crippen molar-refractivity contribution in [3.63, 3.8) is 0 Å². The molecular weight excluding hydrogens is 384 g/mol. The van der Waals surface area contributed by atoms with Gasteiger partial charge >= 0.3 is 0 Å². The second-order valence-corrected chi connectivity index (χ2v) is 10.5. The Labute approximate surface area is 193 Å². The monoisotopic (exact) mass is 420 g/mol. The molecule has 0 unspecified atom stereocenters. The Morgan fingerprint density at radius 3 is 0.938 bits per heavy atom. The quantitative estimate of drug-likeness (QED) is 0.219. The predicted molar refractivity (Wildman–Crippen MR) is 143 cm³/mol. The summed E-state index contributed by atoms with van der Waals surface area (Å²) in [6, 6.07) is 0. The molecule has 0 spiro atoms. The van der Waals surface area contributed by atoms with E-state index in [1.54, 1.807) is 0 Å². The number of fused-ring (bicyclic) bond motifs is 5. The summed E-state index contributed by atoms with van der Waals surface area (Å²) in [7, 11) is 0. The molecule has 4 aromatic carbocycles. The lowest BCUT2D eigenvalue weighted by Gasteiger charge is -2.23. The lowest BCUT2D eigenvalue weighted by Crippen LogP contribution is -2.01. The normalized spacial score (nSPS) is 12.4. The highest BCUT2D eigenvalue weighted by molar-refractivity contribution is 6.28. The molecule has 0 aromatic heterocycles. The van der Waals surface area contributed by atoms with Gasteiger partial charge in [0, 0.05) is 0 Å². The van der Waals surface area contributed by atoms with Crippen LogP contribution in [-0.4, -0.2) is 0 Å². The highest BCUT2D eigenvalue weighted by atomic mass is 14.4. The van der Waals surface area contributed by atoms with Crippen LogP contribution in [0.4, 0.5) is 0 Å². The van der Waals surface area contributed by atoms with Crippen LogP contribution in [0.2, 0.25) is 0 Å². The Balaban J connectivity index is 2.27. The molecular formula is C32H36. The van der Waals surface area contributed by atoms with Crippen LogP contribution in [0, 0.1) is 83.1 Å². The third-order valence-electron chi connectivity index (χ3n) is 9.50. The standard InChI is InChI=1S/C32H36/c1-13-14(2)19(7)26-25(18(13)6)24(12)31-28-21(9)16(4)15(3)20(8)27(28)30-23(11)17(5)22(10)29(26)32(30)31/h1-12H3. The zero-order valence-electron chi connectivity index (χ0n) is 22.0. The fraction of sp³-hybridized carbons (Fsp3) is 0.375. The van der Waals surface area contributed by atoms with E-state index in [-0.39, 0.29) is 0 Å². The van der Waals surface area contributed by atoms with Crippen molar-refractivity contribution < 1.29 is 0 Å². The Hall–Kier alpha value is -2.60. The lowest BCUT2D eigenvalue weighted by molar-refractivity contribution is 1.22. The minimum Gasteiger partial charge on any atom is -0.0444 e. The molecule has 0 radical (unpaired) electrons. The van der Waals surface area contributed by atoms with Crippen LogP contribution in [0.1, 0.15) is 66.8 Å². The van der Waals surface area contributed by atoms with Gasteiger partial charge < -0.3 is 0 Å². The smallest absolute Gasteiger partial charge is 0.00114 e. The molecule has 0 amide bonds. The van der Waals surface area contributed by atoms with E-state index >= 15 is 0 Å². The van der Waals surface area contributed by atoms with Gasteiger partial charge in [-0.25, -0.2) is 0 Å².